The van der Waals surface area contributed by atoms with Gasteiger partial charge in [-0.1, -0.05) is 0 Å². The van der Waals surface area contributed by atoms with Gasteiger partial charge in [0.2, 0.25) is 0 Å². The van der Waals surface area contributed by atoms with Crippen LogP contribution in [0, 0.1) is 5.92 Å². The third-order valence-corrected chi connectivity index (χ3v) is 3.73. The van der Waals surface area contributed by atoms with Crippen molar-refractivity contribution in [3.63, 3.8) is 0 Å². The van der Waals surface area contributed by atoms with Crippen molar-refractivity contribution in [1.29, 1.82) is 0 Å². The van der Waals surface area contributed by atoms with Gasteiger partial charge in [0.25, 0.3) is 0 Å². The first-order chi connectivity index (χ1) is 7.79. The predicted octanol–water partition coefficient (Wildman–Crippen LogP) is 0.0504. The Bertz CT molecular complexity index is 219. The lowest BCUT2D eigenvalue weighted by Crippen LogP contribution is -2.50. The van der Waals surface area contributed by atoms with Gasteiger partial charge in [0, 0.05) is 32.8 Å². The molecule has 3 atom stereocenters. The molecule has 2 saturated heterocycles. The number of hydrogen-bond donors (Lipinski definition) is 2. The van der Waals surface area contributed by atoms with Gasteiger partial charge >= 0.3 is 0 Å². The zero-order valence-corrected chi connectivity index (χ0v) is 9.91. The minimum Gasteiger partial charge on any atom is -0.383 e. The van der Waals surface area contributed by atoms with Crippen LogP contribution in [-0.2, 0) is 14.2 Å². The molecule has 3 unspecified atom stereocenters. The second-order valence-electron chi connectivity index (χ2n) is 4.82. The smallest absolute Gasteiger partial charge is 0.0939 e. The van der Waals surface area contributed by atoms with Crippen LogP contribution in [0.25, 0.3) is 0 Å². The zero-order chi connectivity index (χ0) is 11.4. The van der Waals surface area contributed by atoms with Crippen LogP contribution < -0.4 is 11.3 Å². The standard InChI is InChI=1S/C11H22N2O3/c1-14-7-10(13-12)9-2-4-16-11(6-9)3-5-15-8-11/h9-10,13H,2-8,12H2,1H3. The molecule has 0 aromatic carbocycles. The van der Waals surface area contributed by atoms with Gasteiger partial charge in [-0.2, -0.15) is 0 Å². The van der Waals surface area contributed by atoms with Crippen LogP contribution in [0.15, 0.2) is 0 Å². The van der Waals surface area contributed by atoms with E-state index in [0.717, 1.165) is 39.1 Å². The molecule has 2 rings (SSSR count). The molecular weight excluding hydrogens is 208 g/mol. The molecule has 5 nitrogen and oxygen atoms in total. The first-order valence-corrected chi connectivity index (χ1v) is 5.96. The lowest BCUT2D eigenvalue weighted by Gasteiger charge is -2.40. The molecule has 0 radical (unpaired) electrons. The van der Waals surface area contributed by atoms with Gasteiger partial charge in [0.15, 0.2) is 0 Å². The van der Waals surface area contributed by atoms with Crippen molar-refractivity contribution >= 4 is 0 Å². The SMILES string of the molecule is COCC(NN)C1CCOC2(CCOC2)C1. The molecule has 0 amide bonds. The van der Waals surface area contributed by atoms with Gasteiger partial charge in [-0.25, -0.2) is 0 Å². The Morgan fingerprint density at radius 1 is 1.56 bits per heavy atom. The molecule has 0 aromatic heterocycles. The fraction of sp³-hybridized carbons (Fsp3) is 1.00. The molecular formula is C11H22N2O3. The Balaban J connectivity index is 1.94. The fourth-order valence-corrected chi connectivity index (χ4v) is 2.77. The summed E-state index contributed by atoms with van der Waals surface area (Å²) in [5.41, 5.74) is 2.81. The molecule has 0 bridgehead atoms. The topological polar surface area (TPSA) is 65.7 Å². The van der Waals surface area contributed by atoms with E-state index >= 15 is 0 Å². The molecule has 0 saturated carbocycles. The van der Waals surface area contributed by atoms with E-state index in [1.165, 1.54) is 0 Å². The van der Waals surface area contributed by atoms with E-state index in [1.54, 1.807) is 7.11 Å². The van der Waals surface area contributed by atoms with Gasteiger partial charge in [-0.15, -0.1) is 0 Å². The molecule has 16 heavy (non-hydrogen) atoms. The number of hydrogen-bond acceptors (Lipinski definition) is 5. The second-order valence-corrected chi connectivity index (χ2v) is 4.82. The van der Waals surface area contributed by atoms with Gasteiger partial charge in [-0.3, -0.25) is 11.3 Å². The number of nitrogens with one attached hydrogen (secondary N) is 1. The van der Waals surface area contributed by atoms with Crippen LogP contribution in [0.1, 0.15) is 19.3 Å². The van der Waals surface area contributed by atoms with E-state index in [-0.39, 0.29) is 11.6 Å². The van der Waals surface area contributed by atoms with Crippen LogP contribution in [0.2, 0.25) is 0 Å². The average Bonchev–Trinajstić information content (AvgIpc) is 2.74. The summed E-state index contributed by atoms with van der Waals surface area (Å²) in [6.45, 7) is 3.00. The second kappa shape index (κ2) is 5.42. The molecule has 0 aromatic rings. The van der Waals surface area contributed by atoms with Gasteiger partial charge in [-0.05, 0) is 18.8 Å². The van der Waals surface area contributed by atoms with E-state index < -0.39 is 0 Å². The average molecular weight is 230 g/mol. The third-order valence-electron chi connectivity index (χ3n) is 3.73. The summed E-state index contributed by atoms with van der Waals surface area (Å²) in [6, 6.07) is 0.214. The van der Waals surface area contributed by atoms with Crippen LogP contribution in [-0.4, -0.2) is 45.2 Å². The summed E-state index contributed by atoms with van der Waals surface area (Å²) in [4.78, 5) is 0. The van der Waals surface area contributed by atoms with Crippen LogP contribution in [0.4, 0.5) is 0 Å². The van der Waals surface area contributed by atoms with Crippen molar-refractivity contribution in [1.82, 2.24) is 5.43 Å². The predicted molar refractivity (Wildman–Crippen MR) is 59.8 cm³/mol. The van der Waals surface area contributed by atoms with E-state index in [2.05, 4.69) is 5.43 Å². The highest BCUT2D eigenvalue weighted by molar-refractivity contribution is 4.93. The maximum Gasteiger partial charge on any atom is 0.0939 e. The summed E-state index contributed by atoms with van der Waals surface area (Å²) in [6.07, 6.45) is 3.07. The molecule has 94 valence electrons. The number of nitrogens with two attached hydrogens (primary N) is 1. The van der Waals surface area contributed by atoms with Gasteiger partial charge < -0.3 is 14.2 Å². The van der Waals surface area contributed by atoms with Crippen molar-refractivity contribution in [2.24, 2.45) is 11.8 Å². The Morgan fingerprint density at radius 2 is 2.44 bits per heavy atom. The van der Waals surface area contributed by atoms with Crippen molar-refractivity contribution in [2.45, 2.75) is 30.9 Å². The molecule has 2 aliphatic rings. The van der Waals surface area contributed by atoms with E-state index in [9.17, 15) is 0 Å². The Hall–Kier alpha value is -0.200. The fourth-order valence-electron chi connectivity index (χ4n) is 2.77. The van der Waals surface area contributed by atoms with Gasteiger partial charge in [0.05, 0.1) is 18.8 Å². The molecule has 1 spiro atoms. The highest BCUT2D eigenvalue weighted by Crippen LogP contribution is 2.36. The first kappa shape index (κ1) is 12.3. The number of rotatable bonds is 4. The number of hydrazine groups is 1. The lowest BCUT2D eigenvalue weighted by atomic mass is 9.81. The van der Waals surface area contributed by atoms with Crippen molar-refractivity contribution in [2.75, 3.05) is 33.5 Å². The number of methoxy groups -OCH3 is 1. The summed E-state index contributed by atoms with van der Waals surface area (Å²) in [7, 11) is 1.71. The van der Waals surface area contributed by atoms with Crippen molar-refractivity contribution in [3.05, 3.63) is 0 Å². The summed E-state index contributed by atoms with van der Waals surface area (Å²) < 4.78 is 16.5. The largest absolute Gasteiger partial charge is 0.383 e. The summed E-state index contributed by atoms with van der Waals surface area (Å²) in [5, 5.41) is 0. The molecule has 2 fully saturated rings. The first-order valence-electron chi connectivity index (χ1n) is 5.96. The molecule has 3 N–H and O–H groups in total. The molecule has 0 aliphatic carbocycles. The van der Waals surface area contributed by atoms with Crippen LogP contribution in [0.3, 0.4) is 0 Å². The Labute approximate surface area is 96.6 Å². The maximum atomic E-state index is 5.90. The third kappa shape index (κ3) is 2.55. The number of ether oxygens (including phenoxy) is 3. The minimum atomic E-state index is -0.0498. The molecule has 2 aliphatic heterocycles. The van der Waals surface area contributed by atoms with Crippen LogP contribution in [0.5, 0.6) is 0 Å². The van der Waals surface area contributed by atoms with E-state index in [4.69, 9.17) is 20.1 Å². The van der Waals surface area contributed by atoms with Crippen LogP contribution >= 0.6 is 0 Å². The monoisotopic (exact) mass is 230 g/mol. The lowest BCUT2D eigenvalue weighted by molar-refractivity contribution is -0.105. The Morgan fingerprint density at radius 3 is 3.06 bits per heavy atom. The summed E-state index contributed by atoms with van der Waals surface area (Å²) in [5.74, 6) is 6.09. The van der Waals surface area contributed by atoms with Gasteiger partial charge in [0.1, 0.15) is 0 Å². The highest BCUT2D eigenvalue weighted by Gasteiger charge is 2.42. The highest BCUT2D eigenvalue weighted by atomic mass is 16.6. The minimum absolute atomic E-state index is 0.0498. The molecule has 2 heterocycles. The van der Waals surface area contributed by atoms with Crippen molar-refractivity contribution in [3.8, 4) is 0 Å². The van der Waals surface area contributed by atoms with E-state index in [0.29, 0.717) is 12.5 Å². The molecule has 5 heteroatoms. The quantitative estimate of drug-likeness (QED) is 0.528. The Kier molecular flexibility index (Phi) is 4.16. The maximum absolute atomic E-state index is 5.90. The zero-order valence-electron chi connectivity index (χ0n) is 9.91. The normalized spacial score (nSPS) is 36.8. The van der Waals surface area contributed by atoms with Crippen molar-refractivity contribution < 1.29 is 14.2 Å². The summed E-state index contributed by atoms with van der Waals surface area (Å²) >= 11 is 0. The van der Waals surface area contributed by atoms with E-state index in [1.807, 2.05) is 0 Å².